The lowest BCUT2D eigenvalue weighted by molar-refractivity contribution is 0.0946. The standard InChI is InChI=1S/C19H23FN2O4S/c1-13-6-5-7-14(2)18(13)26-11-10-21-19(23)15-8-9-16(20)17(12-15)27(24,25)22(3)4/h5-9,12H,10-11H2,1-4H3,(H,21,23). The molecule has 0 saturated carbocycles. The molecule has 0 radical (unpaired) electrons. The van der Waals surface area contributed by atoms with Gasteiger partial charge in [0.25, 0.3) is 5.91 Å². The number of nitrogens with one attached hydrogen (secondary N) is 1. The van der Waals surface area contributed by atoms with Crippen molar-refractivity contribution in [1.82, 2.24) is 9.62 Å². The molecule has 1 N–H and O–H groups in total. The molecule has 0 aliphatic carbocycles. The van der Waals surface area contributed by atoms with Crippen molar-refractivity contribution in [2.45, 2.75) is 18.7 Å². The first-order valence-electron chi connectivity index (χ1n) is 8.34. The molecule has 146 valence electrons. The number of amides is 1. The first-order valence-corrected chi connectivity index (χ1v) is 9.78. The lowest BCUT2D eigenvalue weighted by atomic mass is 10.1. The summed E-state index contributed by atoms with van der Waals surface area (Å²) >= 11 is 0. The van der Waals surface area contributed by atoms with Crippen LogP contribution in [0.2, 0.25) is 0 Å². The van der Waals surface area contributed by atoms with Gasteiger partial charge in [-0.25, -0.2) is 17.1 Å². The average molecular weight is 394 g/mol. The van der Waals surface area contributed by atoms with E-state index in [4.69, 9.17) is 4.74 Å². The van der Waals surface area contributed by atoms with Crippen LogP contribution >= 0.6 is 0 Å². The predicted molar refractivity (Wildman–Crippen MR) is 101 cm³/mol. The Balaban J connectivity index is 2.03. The molecule has 0 aliphatic rings. The summed E-state index contributed by atoms with van der Waals surface area (Å²) in [6.07, 6.45) is 0. The monoisotopic (exact) mass is 394 g/mol. The van der Waals surface area contributed by atoms with E-state index >= 15 is 0 Å². The molecule has 0 saturated heterocycles. The third-order valence-corrected chi connectivity index (χ3v) is 5.82. The van der Waals surface area contributed by atoms with Crippen LogP contribution in [0.3, 0.4) is 0 Å². The zero-order chi connectivity index (χ0) is 20.2. The number of carbonyl (C=O) groups is 1. The van der Waals surface area contributed by atoms with Gasteiger partial charge in [0.2, 0.25) is 10.0 Å². The van der Waals surface area contributed by atoms with Crippen LogP contribution in [0, 0.1) is 19.7 Å². The van der Waals surface area contributed by atoms with Crippen LogP contribution in [-0.2, 0) is 10.0 Å². The molecular weight excluding hydrogens is 371 g/mol. The van der Waals surface area contributed by atoms with Crippen molar-refractivity contribution in [2.75, 3.05) is 27.2 Å². The van der Waals surface area contributed by atoms with Gasteiger partial charge in [-0.15, -0.1) is 0 Å². The van der Waals surface area contributed by atoms with Crippen molar-refractivity contribution in [3.8, 4) is 5.75 Å². The van der Waals surface area contributed by atoms with E-state index in [0.717, 1.165) is 33.3 Å². The third kappa shape index (κ3) is 4.84. The second-order valence-electron chi connectivity index (χ2n) is 6.26. The molecule has 8 heteroatoms. The van der Waals surface area contributed by atoms with E-state index in [0.29, 0.717) is 0 Å². The Labute approximate surface area is 159 Å². The second kappa shape index (κ2) is 8.49. The number of ether oxygens (including phenoxy) is 1. The number of para-hydroxylation sites is 1. The van der Waals surface area contributed by atoms with Gasteiger partial charge >= 0.3 is 0 Å². The summed E-state index contributed by atoms with van der Waals surface area (Å²) < 4.78 is 44.8. The van der Waals surface area contributed by atoms with Crippen molar-refractivity contribution in [3.05, 3.63) is 58.9 Å². The Bertz CT molecular complexity index is 922. The summed E-state index contributed by atoms with van der Waals surface area (Å²) in [5.41, 5.74) is 2.06. The summed E-state index contributed by atoms with van der Waals surface area (Å²) in [4.78, 5) is 11.7. The van der Waals surface area contributed by atoms with Crippen LogP contribution < -0.4 is 10.1 Å². The topological polar surface area (TPSA) is 75.7 Å². The molecule has 0 fully saturated rings. The van der Waals surface area contributed by atoms with Crippen molar-refractivity contribution in [3.63, 3.8) is 0 Å². The van der Waals surface area contributed by atoms with Gasteiger partial charge in [0.1, 0.15) is 23.1 Å². The molecule has 6 nitrogen and oxygen atoms in total. The number of aryl methyl sites for hydroxylation is 2. The van der Waals surface area contributed by atoms with Gasteiger partial charge in [-0.3, -0.25) is 4.79 Å². The molecule has 2 rings (SSSR count). The van der Waals surface area contributed by atoms with Crippen molar-refractivity contribution in [1.29, 1.82) is 0 Å². The van der Waals surface area contributed by atoms with E-state index in [1.165, 1.54) is 20.2 Å². The van der Waals surface area contributed by atoms with Crippen LogP contribution in [0.25, 0.3) is 0 Å². The molecule has 0 heterocycles. The lowest BCUT2D eigenvalue weighted by Gasteiger charge is -2.14. The minimum Gasteiger partial charge on any atom is -0.491 e. The molecule has 0 aromatic heterocycles. The molecule has 0 aliphatic heterocycles. The maximum Gasteiger partial charge on any atom is 0.251 e. The fourth-order valence-electron chi connectivity index (χ4n) is 2.49. The Hall–Kier alpha value is -2.45. The van der Waals surface area contributed by atoms with E-state index in [9.17, 15) is 17.6 Å². The van der Waals surface area contributed by atoms with Gasteiger partial charge in [-0.1, -0.05) is 18.2 Å². The first kappa shape index (κ1) is 20.9. The highest BCUT2D eigenvalue weighted by molar-refractivity contribution is 7.89. The summed E-state index contributed by atoms with van der Waals surface area (Å²) in [5, 5.41) is 2.64. The highest BCUT2D eigenvalue weighted by Gasteiger charge is 2.23. The number of nitrogens with zero attached hydrogens (tertiary/aromatic N) is 1. The van der Waals surface area contributed by atoms with Gasteiger partial charge in [0, 0.05) is 19.7 Å². The van der Waals surface area contributed by atoms with Crippen LogP contribution in [-0.4, -0.2) is 45.9 Å². The number of hydrogen-bond acceptors (Lipinski definition) is 4. The van der Waals surface area contributed by atoms with Crippen molar-refractivity contribution in [2.24, 2.45) is 0 Å². The Morgan fingerprint density at radius 3 is 2.37 bits per heavy atom. The maximum atomic E-state index is 13.9. The number of benzene rings is 2. The highest BCUT2D eigenvalue weighted by Crippen LogP contribution is 2.22. The molecule has 0 bridgehead atoms. The van der Waals surface area contributed by atoms with Gasteiger partial charge in [-0.2, -0.15) is 0 Å². The van der Waals surface area contributed by atoms with Crippen LogP contribution in [0.4, 0.5) is 4.39 Å². The summed E-state index contributed by atoms with van der Waals surface area (Å²) in [7, 11) is -1.38. The minimum absolute atomic E-state index is 0.0592. The van der Waals surface area contributed by atoms with Gasteiger partial charge < -0.3 is 10.1 Å². The Morgan fingerprint density at radius 1 is 1.15 bits per heavy atom. The van der Waals surface area contributed by atoms with Crippen LogP contribution in [0.1, 0.15) is 21.5 Å². The van der Waals surface area contributed by atoms with E-state index in [2.05, 4.69) is 5.32 Å². The van der Waals surface area contributed by atoms with E-state index < -0.39 is 26.6 Å². The van der Waals surface area contributed by atoms with Gasteiger partial charge in [-0.05, 0) is 43.2 Å². The Kier molecular flexibility index (Phi) is 6.56. The zero-order valence-electron chi connectivity index (χ0n) is 15.7. The molecular formula is C19H23FN2O4S. The van der Waals surface area contributed by atoms with E-state index in [-0.39, 0.29) is 18.7 Å². The number of rotatable bonds is 7. The first-order chi connectivity index (χ1) is 12.6. The number of carbonyl (C=O) groups excluding carboxylic acids is 1. The van der Waals surface area contributed by atoms with Crippen LogP contribution in [0.5, 0.6) is 5.75 Å². The fourth-order valence-corrected chi connectivity index (χ4v) is 3.47. The quantitative estimate of drug-likeness (QED) is 0.732. The average Bonchev–Trinajstić information content (AvgIpc) is 2.60. The Morgan fingerprint density at radius 2 is 1.78 bits per heavy atom. The number of halogens is 1. The highest BCUT2D eigenvalue weighted by atomic mass is 32.2. The summed E-state index contributed by atoms with van der Waals surface area (Å²) in [5.74, 6) is -0.637. The number of sulfonamides is 1. The van der Waals surface area contributed by atoms with E-state index in [1.807, 2.05) is 32.0 Å². The zero-order valence-corrected chi connectivity index (χ0v) is 16.6. The van der Waals surface area contributed by atoms with Crippen LogP contribution in [0.15, 0.2) is 41.3 Å². The summed E-state index contributed by atoms with van der Waals surface area (Å²) in [6, 6.07) is 9.06. The molecule has 0 unspecified atom stereocenters. The smallest absolute Gasteiger partial charge is 0.251 e. The number of hydrogen-bond donors (Lipinski definition) is 1. The molecule has 27 heavy (non-hydrogen) atoms. The van der Waals surface area contributed by atoms with E-state index in [1.54, 1.807) is 0 Å². The normalized spacial score (nSPS) is 11.5. The second-order valence-corrected chi connectivity index (χ2v) is 8.38. The minimum atomic E-state index is -3.98. The molecule has 0 spiro atoms. The van der Waals surface area contributed by atoms with Gasteiger partial charge in [0.15, 0.2) is 0 Å². The molecule has 2 aromatic rings. The summed E-state index contributed by atoms with van der Waals surface area (Å²) in [6.45, 7) is 4.35. The lowest BCUT2D eigenvalue weighted by Crippen LogP contribution is -2.29. The van der Waals surface area contributed by atoms with Crippen molar-refractivity contribution < 1.29 is 22.3 Å². The van der Waals surface area contributed by atoms with Gasteiger partial charge in [0.05, 0.1) is 6.54 Å². The largest absolute Gasteiger partial charge is 0.491 e. The SMILES string of the molecule is Cc1cccc(C)c1OCCNC(=O)c1ccc(F)c(S(=O)(=O)N(C)C)c1. The predicted octanol–water partition coefficient (Wildman–Crippen LogP) is 2.50. The molecule has 1 amide bonds. The molecule has 0 atom stereocenters. The third-order valence-electron chi connectivity index (χ3n) is 3.99. The van der Waals surface area contributed by atoms with Crippen molar-refractivity contribution >= 4 is 15.9 Å². The maximum absolute atomic E-state index is 13.9. The molecule has 2 aromatic carbocycles. The fraction of sp³-hybridized carbons (Fsp3) is 0.316.